The van der Waals surface area contributed by atoms with Gasteiger partial charge in [-0.05, 0) is 71.3 Å². The summed E-state index contributed by atoms with van der Waals surface area (Å²) in [6.45, 7) is 5.12. The number of aliphatic hydroxyl groups is 4. The summed E-state index contributed by atoms with van der Waals surface area (Å²) in [6, 6.07) is 6.85. The van der Waals surface area contributed by atoms with Crippen molar-refractivity contribution in [2.75, 3.05) is 33.8 Å². The number of ether oxygens (including phenoxy) is 3. The van der Waals surface area contributed by atoms with Gasteiger partial charge in [0, 0.05) is 18.1 Å². The summed E-state index contributed by atoms with van der Waals surface area (Å²) in [5.74, 6) is -0.762. The van der Waals surface area contributed by atoms with Gasteiger partial charge >= 0.3 is 5.97 Å². The van der Waals surface area contributed by atoms with E-state index in [0.717, 1.165) is 25.8 Å². The van der Waals surface area contributed by atoms with Crippen LogP contribution < -0.4 is 27.4 Å². The molecule has 2 saturated carbocycles. The van der Waals surface area contributed by atoms with Crippen molar-refractivity contribution >= 4 is 5.97 Å². The molecule has 0 bridgehead atoms. The standard InChI is InChI=1S/C23H47N5O6.C8H8O3/c1-5-28-15-9-14(25)19(33-16-8-12(10-26-3)6-7-13(16)24)17(29)20(15)34-22-18(30)21(27-4)23(2,31)11-32-22;9-7(8(10)11)6-4-2-1-3-5-6/h12-22,26-31H,5-11,24-25H2,1-4H3;1-5,7,9H,(H,10,11)/t12-,13-,14+,15-,16+,17+,18+,19+,20+,21+,22+,23-;/m1./s1. The van der Waals surface area contributed by atoms with Crippen LogP contribution in [0.2, 0.25) is 0 Å². The van der Waals surface area contributed by atoms with Gasteiger partial charge < -0.3 is 67.2 Å². The Kier molecular flexibility index (Phi) is 14.6. The molecule has 14 heteroatoms. The van der Waals surface area contributed by atoms with Gasteiger partial charge in [0.05, 0.1) is 18.8 Å². The molecule has 1 heterocycles. The molecule has 13 atom stereocenters. The Morgan fingerprint density at radius 1 is 1.07 bits per heavy atom. The Bertz CT molecular complexity index is 1020. The van der Waals surface area contributed by atoms with Crippen LogP contribution >= 0.6 is 0 Å². The minimum atomic E-state index is -1.41. The first-order valence-corrected chi connectivity index (χ1v) is 15.9. The highest BCUT2D eigenvalue weighted by molar-refractivity contribution is 5.73. The molecule has 0 aromatic heterocycles. The average Bonchev–Trinajstić information content (AvgIpc) is 3.00. The van der Waals surface area contributed by atoms with Gasteiger partial charge in [-0.1, -0.05) is 37.3 Å². The van der Waals surface area contributed by atoms with Crippen LogP contribution in [-0.4, -0.2) is 132 Å². The Labute approximate surface area is 265 Å². The van der Waals surface area contributed by atoms with Gasteiger partial charge in [0.2, 0.25) is 0 Å². The minimum Gasteiger partial charge on any atom is -0.479 e. The van der Waals surface area contributed by atoms with Gasteiger partial charge in [0.1, 0.15) is 30.0 Å². The van der Waals surface area contributed by atoms with Crippen molar-refractivity contribution < 1.29 is 44.5 Å². The number of nitrogens with one attached hydrogen (secondary N) is 3. The van der Waals surface area contributed by atoms with Gasteiger partial charge in [-0.15, -0.1) is 0 Å². The quantitative estimate of drug-likeness (QED) is 0.131. The van der Waals surface area contributed by atoms with E-state index >= 15 is 0 Å². The van der Waals surface area contributed by atoms with Crippen molar-refractivity contribution in [3.63, 3.8) is 0 Å². The molecule has 258 valence electrons. The van der Waals surface area contributed by atoms with Crippen molar-refractivity contribution in [3.8, 4) is 0 Å². The van der Waals surface area contributed by atoms with Crippen molar-refractivity contribution in [1.29, 1.82) is 0 Å². The second-order valence-corrected chi connectivity index (χ2v) is 12.6. The zero-order valence-corrected chi connectivity index (χ0v) is 26.8. The first-order chi connectivity index (χ1) is 21.3. The van der Waals surface area contributed by atoms with Gasteiger partial charge in [0.25, 0.3) is 0 Å². The van der Waals surface area contributed by atoms with Crippen molar-refractivity contribution in [3.05, 3.63) is 35.9 Å². The Hall–Kier alpha value is -1.79. The topological polar surface area (TPSA) is 234 Å². The SMILES string of the molecule is CCN[C@@H]1C[C@H](N)[C@H](O[C@H]2C[C@H](CNC)CC[C@H]2N)[C@H](O)[C@H]1O[C@@H]1OC[C@@](C)(O)[C@@H](NC)[C@@H]1O.O=C(O)C(O)c1ccccc1. The lowest BCUT2D eigenvalue weighted by molar-refractivity contribution is -0.300. The van der Waals surface area contributed by atoms with Gasteiger partial charge in [-0.2, -0.15) is 0 Å². The Morgan fingerprint density at radius 3 is 2.36 bits per heavy atom. The number of aliphatic carboxylic acids is 1. The van der Waals surface area contributed by atoms with Gasteiger partial charge in [-0.3, -0.25) is 0 Å². The molecule has 1 aromatic rings. The minimum absolute atomic E-state index is 0.0157. The van der Waals surface area contributed by atoms with Crippen molar-refractivity contribution in [2.45, 2.75) is 112 Å². The first-order valence-electron chi connectivity index (χ1n) is 15.9. The van der Waals surface area contributed by atoms with Crippen LogP contribution in [0.4, 0.5) is 0 Å². The molecule has 0 amide bonds. The van der Waals surface area contributed by atoms with E-state index in [-0.39, 0.29) is 24.8 Å². The van der Waals surface area contributed by atoms with E-state index < -0.39 is 60.5 Å². The highest BCUT2D eigenvalue weighted by Crippen LogP contribution is 2.33. The first kappa shape index (κ1) is 37.7. The third-order valence-corrected chi connectivity index (χ3v) is 9.04. The zero-order chi connectivity index (χ0) is 33.3. The number of rotatable bonds is 11. The lowest BCUT2D eigenvalue weighted by atomic mass is 9.81. The third kappa shape index (κ3) is 9.86. The van der Waals surface area contributed by atoms with Gasteiger partial charge in [0.15, 0.2) is 12.4 Å². The molecule has 4 rings (SSSR count). The highest BCUT2D eigenvalue weighted by Gasteiger charge is 2.51. The predicted molar refractivity (Wildman–Crippen MR) is 167 cm³/mol. The number of benzene rings is 1. The molecule has 1 aliphatic heterocycles. The molecule has 14 nitrogen and oxygen atoms in total. The molecule has 45 heavy (non-hydrogen) atoms. The molecule has 1 saturated heterocycles. The molecule has 0 spiro atoms. The smallest absolute Gasteiger partial charge is 0.337 e. The Morgan fingerprint density at radius 2 is 1.76 bits per heavy atom. The van der Waals surface area contributed by atoms with Crippen LogP contribution in [0, 0.1) is 5.92 Å². The maximum absolute atomic E-state index is 11.4. The summed E-state index contributed by atoms with van der Waals surface area (Å²) in [5, 5.41) is 59.7. The average molecular weight is 642 g/mol. The van der Waals surface area contributed by atoms with E-state index in [1.165, 1.54) is 0 Å². The van der Waals surface area contributed by atoms with E-state index in [4.69, 9.17) is 35.9 Å². The maximum atomic E-state index is 11.4. The van der Waals surface area contributed by atoms with Crippen molar-refractivity contribution in [1.82, 2.24) is 16.0 Å². The highest BCUT2D eigenvalue weighted by atomic mass is 16.7. The number of carbonyl (C=O) groups is 1. The Balaban J connectivity index is 0.000000423. The predicted octanol–water partition coefficient (Wildman–Crippen LogP) is -1.60. The number of aliphatic hydroxyl groups excluding tert-OH is 3. The van der Waals surface area contributed by atoms with Crippen LogP contribution in [-0.2, 0) is 19.0 Å². The number of hydrogen-bond acceptors (Lipinski definition) is 13. The largest absolute Gasteiger partial charge is 0.479 e. The number of carboxylic acids is 1. The zero-order valence-electron chi connectivity index (χ0n) is 26.8. The molecule has 0 radical (unpaired) electrons. The number of nitrogens with two attached hydrogens (primary N) is 2. The molecule has 1 aromatic carbocycles. The summed E-state index contributed by atoms with van der Waals surface area (Å²) >= 11 is 0. The summed E-state index contributed by atoms with van der Waals surface area (Å²) in [4.78, 5) is 10.2. The molecule has 2 aliphatic carbocycles. The van der Waals surface area contributed by atoms with E-state index in [1.807, 2.05) is 14.0 Å². The molecule has 3 fully saturated rings. The lowest BCUT2D eigenvalue weighted by Gasteiger charge is -2.49. The number of hydrogen-bond donors (Lipinski definition) is 10. The fourth-order valence-electron chi connectivity index (χ4n) is 6.62. The molecule has 12 N–H and O–H groups in total. The number of likely N-dealkylation sites (N-methyl/N-ethyl adjacent to an activating group) is 2. The molecule has 1 unspecified atom stereocenters. The molecular formula is C31H55N5O9. The lowest BCUT2D eigenvalue weighted by Crippen LogP contribution is -2.69. The van der Waals surface area contributed by atoms with Crippen LogP contribution in [0.25, 0.3) is 0 Å². The van der Waals surface area contributed by atoms with Crippen molar-refractivity contribution in [2.24, 2.45) is 17.4 Å². The summed E-state index contributed by atoms with van der Waals surface area (Å²) < 4.78 is 18.3. The normalized spacial score (nSPS) is 39.4. The van der Waals surface area contributed by atoms with E-state index in [0.29, 0.717) is 24.4 Å². The van der Waals surface area contributed by atoms with Gasteiger partial charge in [-0.25, -0.2) is 4.79 Å². The van der Waals surface area contributed by atoms with Crippen LogP contribution in [0.5, 0.6) is 0 Å². The second kappa shape index (κ2) is 17.4. The molecule has 3 aliphatic rings. The monoisotopic (exact) mass is 641 g/mol. The van der Waals surface area contributed by atoms with Crippen LogP contribution in [0.3, 0.4) is 0 Å². The summed E-state index contributed by atoms with van der Waals surface area (Å²) in [6.07, 6.45) is -2.95. The second-order valence-electron chi connectivity index (χ2n) is 12.6. The van der Waals surface area contributed by atoms with E-state index in [2.05, 4.69) is 16.0 Å². The summed E-state index contributed by atoms with van der Waals surface area (Å²) in [5.41, 5.74) is 12.0. The number of carboxylic acid groups (broad SMARTS) is 1. The summed E-state index contributed by atoms with van der Waals surface area (Å²) in [7, 11) is 3.60. The fraction of sp³-hybridized carbons (Fsp3) is 0.774. The molecular weight excluding hydrogens is 586 g/mol. The fourth-order valence-corrected chi connectivity index (χ4v) is 6.62. The maximum Gasteiger partial charge on any atom is 0.337 e. The van der Waals surface area contributed by atoms with E-state index in [9.17, 15) is 20.1 Å². The third-order valence-electron chi connectivity index (χ3n) is 9.04. The van der Waals surface area contributed by atoms with Crippen LogP contribution in [0.1, 0.15) is 51.2 Å². The van der Waals surface area contributed by atoms with Crippen LogP contribution in [0.15, 0.2) is 30.3 Å². The van der Waals surface area contributed by atoms with E-state index in [1.54, 1.807) is 44.3 Å².